The monoisotopic (exact) mass is 284 g/mol. The molecule has 0 saturated heterocycles. The molecule has 2 nitrogen and oxygen atoms in total. The minimum atomic E-state index is -4.51. The molecule has 0 bridgehead atoms. The van der Waals surface area contributed by atoms with E-state index >= 15 is 0 Å². The molecule has 1 aromatic carbocycles. The Morgan fingerprint density at radius 3 is 2.20 bits per heavy atom. The van der Waals surface area contributed by atoms with Gasteiger partial charge in [0.25, 0.3) is 0 Å². The van der Waals surface area contributed by atoms with Crippen molar-refractivity contribution in [3.63, 3.8) is 0 Å². The lowest BCUT2D eigenvalue weighted by atomic mass is 10.0. The van der Waals surface area contributed by atoms with Gasteiger partial charge in [-0.25, -0.2) is 4.85 Å². The van der Waals surface area contributed by atoms with Gasteiger partial charge >= 0.3 is 6.18 Å². The van der Waals surface area contributed by atoms with E-state index in [4.69, 9.17) is 6.57 Å². The highest BCUT2D eigenvalue weighted by Gasteiger charge is 2.34. The maximum absolute atomic E-state index is 13.0. The predicted molar refractivity (Wildman–Crippen MR) is 75.1 cm³/mol. The molecule has 20 heavy (non-hydrogen) atoms. The minimum absolute atomic E-state index is 0.279. The van der Waals surface area contributed by atoms with E-state index in [1.807, 2.05) is 32.6 Å². The van der Waals surface area contributed by atoms with Crippen LogP contribution in [0.1, 0.15) is 39.7 Å². The highest BCUT2D eigenvalue weighted by molar-refractivity contribution is 5.63. The molecule has 0 unspecified atom stereocenters. The fraction of sp³-hybridized carbons (Fsp3) is 0.533. The van der Waals surface area contributed by atoms with Gasteiger partial charge in [0, 0.05) is 17.8 Å². The highest BCUT2D eigenvalue weighted by Crippen LogP contribution is 2.39. The van der Waals surface area contributed by atoms with E-state index < -0.39 is 11.7 Å². The van der Waals surface area contributed by atoms with Gasteiger partial charge in [0.2, 0.25) is 0 Å². The summed E-state index contributed by atoms with van der Waals surface area (Å²) in [6.45, 7) is 15.4. The third-order valence-electron chi connectivity index (χ3n) is 2.97. The molecule has 0 aliphatic rings. The van der Waals surface area contributed by atoms with Crippen LogP contribution in [0.2, 0.25) is 0 Å². The van der Waals surface area contributed by atoms with Gasteiger partial charge in [0.1, 0.15) is 0 Å². The lowest BCUT2D eigenvalue weighted by Gasteiger charge is -2.38. The number of hydrogen-bond donors (Lipinski definition) is 0. The quantitative estimate of drug-likeness (QED) is 0.686. The third kappa shape index (κ3) is 3.66. The van der Waals surface area contributed by atoms with Crippen molar-refractivity contribution >= 4 is 11.4 Å². The number of halogens is 3. The van der Waals surface area contributed by atoms with Crippen molar-refractivity contribution in [1.29, 1.82) is 0 Å². The minimum Gasteiger partial charge on any atom is -0.367 e. The Balaban J connectivity index is 3.36. The van der Waals surface area contributed by atoms with E-state index in [1.165, 1.54) is 6.07 Å². The molecule has 0 amide bonds. The van der Waals surface area contributed by atoms with Gasteiger partial charge in [0.15, 0.2) is 5.69 Å². The van der Waals surface area contributed by atoms with Crippen LogP contribution in [0.5, 0.6) is 0 Å². The summed E-state index contributed by atoms with van der Waals surface area (Å²) >= 11 is 0. The molecule has 0 aliphatic carbocycles. The molecule has 1 aromatic rings. The predicted octanol–water partition coefficient (Wildman–Crippen LogP) is 5.27. The van der Waals surface area contributed by atoms with Crippen molar-refractivity contribution in [2.24, 2.45) is 0 Å². The smallest absolute Gasteiger partial charge is 0.367 e. The van der Waals surface area contributed by atoms with E-state index in [2.05, 4.69) is 4.85 Å². The molecular formula is C15H19F3N2. The zero-order valence-corrected chi connectivity index (χ0v) is 12.2. The second kappa shape index (κ2) is 5.74. The molecule has 0 aromatic heterocycles. The van der Waals surface area contributed by atoms with E-state index in [1.54, 1.807) is 6.07 Å². The molecule has 1 rings (SSSR count). The summed E-state index contributed by atoms with van der Waals surface area (Å²) < 4.78 is 39.0. The second-order valence-electron chi connectivity index (χ2n) is 5.63. The summed E-state index contributed by atoms with van der Waals surface area (Å²) in [4.78, 5) is 4.88. The number of nitrogens with zero attached hydrogens (tertiary/aromatic N) is 2. The Bertz CT molecular complexity index is 507. The lowest BCUT2D eigenvalue weighted by molar-refractivity contribution is -0.136. The Labute approximate surface area is 118 Å². The SMILES string of the molecule is [C-]#[N+]c1ccc(N(CCC)C(C)(C)C)cc1C(F)(F)F. The summed E-state index contributed by atoms with van der Waals surface area (Å²) in [5.74, 6) is 0. The van der Waals surface area contributed by atoms with Gasteiger partial charge in [0.05, 0.1) is 12.1 Å². The number of anilines is 1. The summed E-state index contributed by atoms with van der Waals surface area (Å²) in [7, 11) is 0. The van der Waals surface area contributed by atoms with Crippen molar-refractivity contribution in [3.8, 4) is 0 Å². The molecule has 0 spiro atoms. The number of hydrogen-bond acceptors (Lipinski definition) is 1. The van der Waals surface area contributed by atoms with E-state index in [-0.39, 0.29) is 11.2 Å². The van der Waals surface area contributed by atoms with Gasteiger partial charge in [-0.2, -0.15) is 13.2 Å². The molecule has 0 heterocycles. The molecule has 0 saturated carbocycles. The van der Waals surface area contributed by atoms with Crippen LogP contribution in [0.4, 0.5) is 24.5 Å². The average molecular weight is 284 g/mol. The Morgan fingerprint density at radius 2 is 1.80 bits per heavy atom. The topological polar surface area (TPSA) is 7.60 Å². The summed E-state index contributed by atoms with van der Waals surface area (Å²) in [5.41, 5.74) is -1.00. The summed E-state index contributed by atoms with van der Waals surface area (Å²) in [6, 6.07) is 3.91. The van der Waals surface area contributed by atoms with Crippen molar-refractivity contribution in [3.05, 3.63) is 35.2 Å². The maximum atomic E-state index is 13.0. The first kappa shape index (κ1) is 16.4. The van der Waals surface area contributed by atoms with Crippen LogP contribution in [0.15, 0.2) is 18.2 Å². The molecule has 5 heteroatoms. The van der Waals surface area contributed by atoms with Crippen molar-refractivity contribution in [2.75, 3.05) is 11.4 Å². The van der Waals surface area contributed by atoms with Gasteiger partial charge in [-0.1, -0.05) is 13.0 Å². The zero-order chi connectivity index (χ0) is 15.6. The lowest BCUT2D eigenvalue weighted by Crippen LogP contribution is -2.42. The Morgan fingerprint density at radius 1 is 1.20 bits per heavy atom. The number of alkyl halides is 3. The van der Waals surface area contributed by atoms with E-state index in [9.17, 15) is 13.2 Å². The molecule has 0 aliphatic heterocycles. The van der Waals surface area contributed by atoms with Gasteiger partial charge < -0.3 is 4.90 Å². The molecule has 0 radical (unpaired) electrons. The van der Waals surface area contributed by atoms with Crippen LogP contribution in [-0.2, 0) is 6.18 Å². The van der Waals surface area contributed by atoms with Crippen LogP contribution in [0, 0.1) is 6.57 Å². The first-order valence-corrected chi connectivity index (χ1v) is 6.47. The molecular weight excluding hydrogens is 265 g/mol. The summed E-state index contributed by atoms with van der Waals surface area (Å²) in [5, 5.41) is 0. The van der Waals surface area contributed by atoms with Gasteiger partial charge in [-0.15, -0.1) is 0 Å². The molecule has 0 atom stereocenters. The standard InChI is InChI=1S/C15H19F3N2/c1-6-9-20(14(2,3)4)11-7-8-13(19-5)12(10-11)15(16,17)18/h7-8,10H,6,9H2,1-4H3. The van der Waals surface area contributed by atoms with Gasteiger partial charge in [-0.05, 0) is 39.3 Å². The average Bonchev–Trinajstić information content (AvgIpc) is 2.32. The first-order valence-electron chi connectivity index (χ1n) is 6.47. The normalized spacial score (nSPS) is 12.1. The molecule has 0 fully saturated rings. The van der Waals surface area contributed by atoms with Crippen LogP contribution in [0.25, 0.3) is 4.85 Å². The van der Waals surface area contributed by atoms with E-state index in [0.29, 0.717) is 12.2 Å². The number of rotatable bonds is 3. The Hall–Kier alpha value is -1.70. The maximum Gasteiger partial charge on any atom is 0.407 e. The van der Waals surface area contributed by atoms with Crippen molar-refractivity contribution in [2.45, 2.75) is 45.8 Å². The van der Waals surface area contributed by atoms with Crippen LogP contribution in [-0.4, -0.2) is 12.1 Å². The fourth-order valence-corrected chi connectivity index (χ4v) is 2.09. The fourth-order valence-electron chi connectivity index (χ4n) is 2.09. The Kier molecular flexibility index (Phi) is 4.69. The van der Waals surface area contributed by atoms with E-state index in [0.717, 1.165) is 12.5 Å². The third-order valence-corrected chi connectivity index (χ3v) is 2.97. The first-order chi connectivity index (χ1) is 9.11. The summed E-state index contributed by atoms with van der Waals surface area (Å²) in [6.07, 6.45) is -3.67. The largest absolute Gasteiger partial charge is 0.407 e. The second-order valence-corrected chi connectivity index (χ2v) is 5.63. The van der Waals surface area contributed by atoms with Crippen LogP contribution >= 0.6 is 0 Å². The van der Waals surface area contributed by atoms with Crippen LogP contribution in [0.3, 0.4) is 0 Å². The zero-order valence-electron chi connectivity index (χ0n) is 12.2. The number of benzene rings is 1. The van der Waals surface area contributed by atoms with Gasteiger partial charge in [-0.3, -0.25) is 0 Å². The highest BCUT2D eigenvalue weighted by atomic mass is 19.4. The molecule has 110 valence electrons. The van der Waals surface area contributed by atoms with Crippen molar-refractivity contribution < 1.29 is 13.2 Å². The molecule has 0 N–H and O–H groups in total. The van der Waals surface area contributed by atoms with Crippen LogP contribution < -0.4 is 4.90 Å². The van der Waals surface area contributed by atoms with Crippen molar-refractivity contribution in [1.82, 2.24) is 0 Å².